The SMILES string of the molecule is Nn1c(-c2noc3c2CCC3)n[nH]c1=S. The molecular weight excluding hydrogens is 214 g/mol. The minimum atomic E-state index is 0.375. The molecule has 0 radical (unpaired) electrons. The molecule has 0 unspecified atom stereocenters. The number of aromatic amines is 1. The fourth-order valence-electron chi connectivity index (χ4n) is 1.87. The Morgan fingerprint density at radius 2 is 2.33 bits per heavy atom. The summed E-state index contributed by atoms with van der Waals surface area (Å²) in [5.41, 5.74) is 1.81. The fraction of sp³-hybridized carbons (Fsp3) is 0.375. The van der Waals surface area contributed by atoms with Crippen LogP contribution < -0.4 is 5.84 Å². The highest BCUT2D eigenvalue weighted by Crippen LogP contribution is 2.30. The van der Waals surface area contributed by atoms with Crippen molar-refractivity contribution in [2.75, 3.05) is 5.84 Å². The quantitative estimate of drug-likeness (QED) is 0.551. The second-order valence-corrected chi connectivity index (χ2v) is 3.90. The highest BCUT2D eigenvalue weighted by molar-refractivity contribution is 7.71. The normalized spacial score (nSPS) is 14.4. The van der Waals surface area contributed by atoms with Crippen molar-refractivity contribution in [1.82, 2.24) is 20.0 Å². The lowest BCUT2D eigenvalue weighted by Crippen LogP contribution is -2.10. The number of nitrogens with one attached hydrogen (secondary N) is 1. The number of hydrogen-bond acceptors (Lipinski definition) is 5. The van der Waals surface area contributed by atoms with Crippen molar-refractivity contribution in [3.8, 4) is 11.5 Å². The van der Waals surface area contributed by atoms with Gasteiger partial charge in [-0.3, -0.25) is 0 Å². The van der Waals surface area contributed by atoms with Crippen LogP contribution in [0.4, 0.5) is 0 Å². The second kappa shape index (κ2) is 2.93. The molecule has 0 aliphatic heterocycles. The van der Waals surface area contributed by atoms with E-state index < -0.39 is 0 Å². The molecule has 2 aromatic rings. The van der Waals surface area contributed by atoms with Crippen LogP contribution in [-0.2, 0) is 12.8 Å². The predicted molar refractivity (Wildman–Crippen MR) is 55.1 cm³/mol. The number of rotatable bonds is 1. The Labute approximate surface area is 90.0 Å². The molecule has 0 saturated carbocycles. The van der Waals surface area contributed by atoms with E-state index in [1.165, 1.54) is 4.68 Å². The monoisotopic (exact) mass is 223 g/mol. The van der Waals surface area contributed by atoms with Crippen LogP contribution in [-0.4, -0.2) is 20.0 Å². The standard InChI is InChI=1S/C8H9N5OS/c9-13-7(10-11-8(13)15)6-4-2-1-3-5(4)14-12-6/h1-3,9H2,(H,11,15). The second-order valence-electron chi connectivity index (χ2n) is 3.51. The van der Waals surface area contributed by atoms with E-state index in [0.717, 1.165) is 30.6 Å². The van der Waals surface area contributed by atoms with Crippen molar-refractivity contribution < 1.29 is 4.52 Å². The Kier molecular flexibility index (Phi) is 1.69. The lowest BCUT2D eigenvalue weighted by atomic mass is 10.2. The number of fused-ring (bicyclic) bond motifs is 1. The van der Waals surface area contributed by atoms with Gasteiger partial charge in [0.05, 0.1) is 0 Å². The van der Waals surface area contributed by atoms with Gasteiger partial charge in [0.25, 0.3) is 0 Å². The molecule has 6 nitrogen and oxygen atoms in total. The van der Waals surface area contributed by atoms with Gasteiger partial charge in [-0.1, -0.05) is 5.16 Å². The van der Waals surface area contributed by atoms with E-state index >= 15 is 0 Å². The maximum Gasteiger partial charge on any atom is 0.214 e. The molecular formula is C8H9N5OS. The van der Waals surface area contributed by atoms with Gasteiger partial charge in [0.1, 0.15) is 5.76 Å². The smallest absolute Gasteiger partial charge is 0.214 e. The van der Waals surface area contributed by atoms with E-state index in [4.69, 9.17) is 22.6 Å². The first-order chi connectivity index (χ1) is 7.27. The van der Waals surface area contributed by atoms with Crippen molar-refractivity contribution in [3.63, 3.8) is 0 Å². The van der Waals surface area contributed by atoms with Crippen LogP contribution in [0.15, 0.2) is 4.52 Å². The molecule has 78 valence electrons. The number of nitrogen functional groups attached to an aromatic ring is 1. The summed E-state index contributed by atoms with van der Waals surface area (Å²) in [6, 6.07) is 0. The molecule has 0 atom stereocenters. The number of aryl methyl sites for hydroxylation is 1. The summed E-state index contributed by atoms with van der Waals surface area (Å²) in [5.74, 6) is 7.20. The van der Waals surface area contributed by atoms with Gasteiger partial charge < -0.3 is 10.4 Å². The maximum absolute atomic E-state index is 5.72. The molecule has 15 heavy (non-hydrogen) atoms. The van der Waals surface area contributed by atoms with Gasteiger partial charge in [0.15, 0.2) is 5.69 Å². The third-order valence-electron chi connectivity index (χ3n) is 2.62. The molecule has 0 aromatic carbocycles. The summed E-state index contributed by atoms with van der Waals surface area (Å²) in [4.78, 5) is 0. The molecule has 1 aliphatic rings. The van der Waals surface area contributed by atoms with Gasteiger partial charge in [-0.05, 0) is 25.1 Å². The molecule has 1 aliphatic carbocycles. The Morgan fingerprint density at radius 3 is 3.07 bits per heavy atom. The summed E-state index contributed by atoms with van der Waals surface area (Å²) >= 11 is 4.94. The molecule has 7 heteroatoms. The molecule has 2 aromatic heterocycles. The highest BCUT2D eigenvalue weighted by atomic mass is 32.1. The Hall–Kier alpha value is -1.63. The van der Waals surface area contributed by atoms with Crippen LogP contribution in [0.2, 0.25) is 0 Å². The van der Waals surface area contributed by atoms with Gasteiger partial charge in [-0.2, -0.15) is 5.10 Å². The van der Waals surface area contributed by atoms with Crippen LogP contribution in [0.1, 0.15) is 17.7 Å². The van der Waals surface area contributed by atoms with Crippen LogP contribution in [0, 0.1) is 4.77 Å². The molecule has 3 rings (SSSR count). The third-order valence-corrected chi connectivity index (χ3v) is 2.90. The molecule has 2 heterocycles. The van der Waals surface area contributed by atoms with Gasteiger partial charge in [-0.25, -0.2) is 9.77 Å². The number of nitrogens with zero attached hydrogens (tertiary/aromatic N) is 3. The van der Waals surface area contributed by atoms with E-state index in [9.17, 15) is 0 Å². The van der Waals surface area contributed by atoms with Crippen molar-refractivity contribution in [3.05, 3.63) is 16.1 Å². The molecule has 0 spiro atoms. The Morgan fingerprint density at radius 1 is 1.47 bits per heavy atom. The van der Waals surface area contributed by atoms with E-state index in [1.807, 2.05) is 0 Å². The lowest BCUT2D eigenvalue weighted by molar-refractivity contribution is 0.388. The van der Waals surface area contributed by atoms with Gasteiger partial charge in [0, 0.05) is 12.0 Å². The third kappa shape index (κ3) is 1.13. The van der Waals surface area contributed by atoms with Crippen LogP contribution in [0.3, 0.4) is 0 Å². The number of aromatic nitrogens is 4. The van der Waals surface area contributed by atoms with Gasteiger partial charge >= 0.3 is 0 Å². The van der Waals surface area contributed by atoms with Crippen molar-refractivity contribution in [2.45, 2.75) is 19.3 Å². The van der Waals surface area contributed by atoms with E-state index in [0.29, 0.717) is 16.3 Å². The van der Waals surface area contributed by atoms with Crippen LogP contribution in [0.5, 0.6) is 0 Å². The first-order valence-electron chi connectivity index (χ1n) is 4.67. The van der Waals surface area contributed by atoms with Crippen LogP contribution >= 0.6 is 12.2 Å². The van der Waals surface area contributed by atoms with Gasteiger partial charge in [0.2, 0.25) is 10.6 Å². The first kappa shape index (κ1) is 8.66. The first-order valence-corrected chi connectivity index (χ1v) is 5.08. The molecule has 0 bridgehead atoms. The fourth-order valence-corrected chi connectivity index (χ4v) is 2.00. The van der Waals surface area contributed by atoms with E-state index in [2.05, 4.69) is 15.4 Å². The minimum absolute atomic E-state index is 0.375. The highest BCUT2D eigenvalue weighted by Gasteiger charge is 2.24. The summed E-state index contributed by atoms with van der Waals surface area (Å²) in [6.45, 7) is 0. The van der Waals surface area contributed by atoms with Crippen molar-refractivity contribution in [1.29, 1.82) is 0 Å². The average Bonchev–Trinajstić information content (AvgIpc) is 2.85. The number of H-pyrrole nitrogens is 1. The molecule has 0 fully saturated rings. The van der Waals surface area contributed by atoms with E-state index in [1.54, 1.807) is 0 Å². The summed E-state index contributed by atoms with van der Waals surface area (Å²) in [6.07, 6.45) is 3.01. The summed E-state index contributed by atoms with van der Waals surface area (Å²) in [7, 11) is 0. The number of nitrogens with two attached hydrogens (primary N) is 1. The molecule has 3 N–H and O–H groups in total. The summed E-state index contributed by atoms with van der Waals surface area (Å²) < 4.78 is 6.91. The molecule has 0 saturated heterocycles. The Bertz CT molecular complexity index is 566. The maximum atomic E-state index is 5.72. The average molecular weight is 223 g/mol. The Balaban J connectivity index is 2.21. The van der Waals surface area contributed by atoms with Crippen molar-refractivity contribution >= 4 is 12.2 Å². The topological polar surface area (TPSA) is 85.7 Å². The summed E-state index contributed by atoms with van der Waals surface area (Å²) in [5, 5.41) is 10.6. The zero-order valence-corrected chi connectivity index (χ0v) is 8.67. The number of hydrogen-bond donors (Lipinski definition) is 2. The lowest BCUT2D eigenvalue weighted by Gasteiger charge is -1.96. The van der Waals surface area contributed by atoms with Gasteiger partial charge in [-0.15, -0.1) is 0 Å². The molecule has 0 amide bonds. The zero-order chi connectivity index (χ0) is 10.4. The zero-order valence-electron chi connectivity index (χ0n) is 7.86. The van der Waals surface area contributed by atoms with Crippen LogP contribution in [0.25, 0.3) is 11.5 Å². The minimum Gasteiger partial charge on any atom is -0.360 e. The van der Waals surface area contributed by atoms with E-state index in [-0.39, 0.29) is 0 Å². The predicted octanol–water partition coefficient (Wildman–Crippen LogP) is 0.798. The van der Waals surface area contributed by atoms with Crippen molar-refractivity contribution in [2.24, 2.45) is 0 Å². The largest absolute Gasteiger partial charge is 0.360 e.